The van der Waals surface area contributed by atoms with Gasteiger partial charge < -0.3 is 19.5 Å². The van der Waals surface area contributed by atoms with Crippen LogP contribution in [-0.4, -0.2) is 36.6 Å². The number of ether oxygens (including phenoxy) is 1. The van der Waals surface area contributed by atoms with Crippen LogP contribution in [0.5, 0.6) is 0 Å². The molecule has 6 rings (SSSR count). The number of hydrogen-bond donors (Lipinski definition) is 1. The van der Waals surface area contributed by atoms with Crippen LogP contribution in [-0.2, 0) is 16.1 Å². The van der Waals surface area contributed by atoms with Crippen LogP contribution in [0.1, 0.15) is 78.9 Å². The van der Waals surface area contributed by atoms with Crippen molar-refractivity contribution < 1.29 is 14.3 Å². The topological polar surface area (TPSA) is 63.6 Å². The molecule has 3 heterocycles. The summed E-state index contributed by atoms with van der Waals surface area (Å²) in [6.45, 7) is 4.29. The van der Waals surface area contributed by atoms with Crippen molar-refractivity contribution in [3.8, 4) is 11.3 Å². The fourth-order valence-electron chi connectivity index (χ4n) is 6.73. The van der Waals surface area contributed by atoms with Gasteiger partial charge in [0.25, 0.3) is 0 Å². The van der Waals surface area contributed by atoms with E-state index in [4.69, 9.17) is 4.74 Å². The van der Waals surface area contributed by atoms with Crippen molar-refractivity contribution in [3.05, 3.63) is 53.1 Å². The van der Waals surface area contributed by atoms with Crippen molar-refractivity contribution in [2.24, 2.45) is 0 Å². The van der Waals surface area contributed by atoms with Crippen LogP contribution in [0.25, 0.3) is 22.2 Å². The summed E-state index contributed by atoms with van der Waals surface area (Å²) in [4.78, 5) is 26.9. The van der Waals surface area contributed by atoms with Gasteiger partial charge in [-0.25, -0.2) is 4.79 Å². The predicted molar refractivity (Wildman–Crippen MR) is 138 cm³/mol. The van der Waals surface area contributed by atoms with Crippen LogP contribution in [0.15, 0.2) is 36.4 Å². The first-order chi connectivity index (χ1) is 17.1. The summed E-state index contributed by atoms with van der Waals surface area (Å²) in [6, 6.07) is 12.7. The van der Waals surface area contributed by atoms with Crippen molar-refractivity contribution in [3.63, 3.8) is 0 Å². The molecule has 2 aromatic carbocycles. The lowest BCUT2D eigenvalue weighted by atomic mass is 9.81. The maximum atomic E-state index is 12.4. The molecule has 1 fully saturated rings. The number of benzene rings is 2. The number of nitrogens with one attached hydrogen (secondary N) is 1. The highest BCUT2D eigenvalue weighted by Gasteiger charge is 2.34. The smallest absolute Gasteiger partial charge is 0.337 e. The van der Waals surface area contributed by atoms with Gasteiger partial charge in [0.05, 0.1) is 30.1 Å². The molecule has 2 aliphatic heterocycles. The molecular weight excluding hydrogens is 438 g/mol. The van der Waals surface area contributed by atoms with E-state index in [2.05, 4.69) is 39.0 Å². The number of para-hydroxylation sites is 1. The minimum Gasteiger partial charge on any atom is -0.465 e. The first kappa shape index (κ1) is 22.2. The van der Waals surface area contributed by atoms with Crippen LogP contribution in [0, 0.1) is 0 Å². The highest BCUT2D eigenvalue weighted by atomic mass is 16.5. The molecule has 3 aromatic rings. The zero-order valence-electron chi connectivity index (χ0n) is 20.6. The summed E-state index contributed by atoms with van der Waals surface area (Å²) in [5.41, 5.74) is 8.20. The molecule has 1 N–H and O–H groups in total. The minimum absolute atomic E-state index is 0.0158. The van der Waals surface area contributed by atoms with E-state index < -0.39 is 0 Å². The Morgan fingerprint density at radius 1 is 1.00 bits per heavy atom. The Morgan fingerprint density at radius 2 is 1.83 bits per heavy atom. The molecule has 0 bridgehead atoms. The molecule has 6 heteroatoms. The Balaban J connectivity index is 1.62. The van der Waals surface area contributed by atoms with Gasteiger partial charge in [-0.1, -0.05) is 43.5 Å². The van der Waals surface area contributed by atoms with Gasteiger partial charge in [0.1, 0.15) is 0 Å². The Labute approximate surface area is 206 Å². The molecule has 6 nitrogen and oxygen atoms in total. The van der Waals surface area contributed by atoms with E-state index in [1.54, 1.807) is 6.92 Å². The van der Waals surface area contributed by atoms with Crippen LogP contribution >= 0.6 is 0 Å². The average Bonchev–Trinajstić information content (AvgIpc) is 3.11. The number of carbonyl (C=O) groups excluding carboxylic acids is 2. The number of nitrogens with zero attached hydrogens (tertiary/aromatic N) is 2. The minimum atomic E-state index is -0.296. The van der Waals surface area contributed by atoms with Crippen molar-refractivity contribution in [1.29, 1.82) is 0 Å². The standard InChI is InChI=1S/C29H33N3O3/c1-18(33)30-24-13-14-31-15-16-32-25-17-20(29(34)35-2)11-12-22(25)26(19-7-4-3-5-8-19)28(32)23-10-6-9-21(24)27(23)31/h6,9-12,17,19,24H,3-5,7-8,13-16H2,1-2H3,(H,30,33)/t24-/m1/s1. The largest absolute Gasteiger partial charge is 0.465 e. The summed E-state index contributed by atoms with van der Waals surface area (Å²) in [5, 5.41) is 4.45. The van der Waals surface area contributed by atoms with E-state index in [9.17, 15) is 9.59 Å². The predicted octanol–water partition coefficient (Wildman–Crippen LogP) is 5.54. The molecule has 0 saturated heterocycles. The number of rotatable bonds is 3. The molecular formula is C29H33N3O3. The molecule has 0 radical (unpaired) electrons. The lowest BCUT2D eigenvalue weighted by Gasteiger charge is -2.36. The van der Waals surface area contributed by atoms with Gasteiger partial charge >= 0.3 is 5.97 Å². The first-order valence-electron chi connectivity index (χ1n) is 13.0. The summed E-state index contributed by atoms with van der Waals surface area (Å²) in [5.74, 6) is 0.237. The van der Waals surface area contributed by atoms with Gasteiger partial charge in [0, 0.05) is 43.0 Å². The zero-order valence-corrected chi connectivity index (χ0v) is 20.6. The molecule has 35 heavy (non-hydrogen) atoms. The maximum absolute atomic E-state index is 12.4. The molecule has 1 atom stereocenters. The molecule has 182 valence electrons. The van der Waals surface area contributed by atoms with E-state index >= 15 is 0 Å². The van der Waals surface area contributed by atoms with Gasteiger partial charge in [0.2, 0.25) is 5.91 Å². The number of methoxy groups -OCH3 is 1. The monoisotopic (exact) mass is 471 g/mol. The molecule has 0 spiro atoms. The van der Waals surface area contributed by atoms with Crippen molar-refractivity contribution in [2.75, 3.05) is 25.1 Å². The number of fused-ring (bicyclic) bond motifs is 4. The number of anilines is 1. The van der Waals surface area contributed by atoms with Crippen LogP contribution in [0.3, 0.4) is 0 Å². The van der Waals surface area contributed by atoms with Crippen molar-refractivity contribution in [1.82, 2.24) is 9.88 Å². The van der Waals surface area contributed by atoms with E-state index in [-0.39, 0.29) is 17.9 Å². The van der Waals surface area contributed by atoms with Crippen molar-refractivity contribution >= 4 is 28.5 Å². The summed E-state index contributed by atoms with van der Waals surface area (Å²) in [7, 11) is 1.44. The first-order valence-corrected chi connectivity index (χ1v) is 13.0. The SMILES string of the molecule is COC(=O)c1ccc2c(C3CCCCC3)c3n(c2c1)CCN1CC[C@@H](NC(C)=O)c2cccc-3c21. The molecule has 0 unspecified atom stereocenters. The van der Waals surface area contributed by atoms with E-state index in [0.717, 1.165) is 31.6 Å². The average molecular weight is 472 g/mol. The zero-order chi connectivity index (χ0) is 24.1. The van der Waals surface area contributed by atoms with Gasteiger partial charge in [-0.05, 0) is 48.4 Å². The quantitative estimate of drug-likeness (QED) is 0.509. The van der Waals surface area contributed by atoms with Crippen LogP contribution in [0.2, 0.25) is 0 Å². The highest BCUT2D eigenvalue weighted by Crippen LogP contribution is 2.50. The third-order valence-electron chi connectivity index (χ3n) is 8.21. The Bertz CT molecular complexity index is 1320. The number of hydrogen-bond acceptors (Lipinski definition) is 4. The fraction of sp³-hybridized carbons (Fsp3) is 0.448. The van der Waals surface area contributed by atoms with Crippen molar-refractivity contribution in [2.45, 2.75) is 64.0 Å². The second-order valence-electron chi connectivity index (χ2n) is 10.2. The summed E-state index contributed by atoms with van der Waals surface area (Å²) < 4.78 is 7.50. The van der Waals surface area contributed by atoms with E-state index in [1.807, 2.05) is 12.1 Å². The molecule has 1 aliphatic carbocycles. The van der Waals surface area contributed by atoms with Crippen LogP contribution < -0.4 is 10.2 Å². The number of carbonyl (C=O) groups is 2. The normalized spacial score (nSPS) is 19.6. The lowest BCUT2D eigenvalue weighted by Crippen LogP contribution is -2.38. The van der Waals surface area contributed by atoms with E-state index in [1.165, 1.54) is 72.7 Å². The Morgan fingerprint density at radius 3 is 2.60 bits per heavy atom. The summed E-state index contributed by atoms with van der Waals surface area (Å²) >= 11 is 0. The highest BCUT2D eigenvalue weighted by molar-refractivity contribution is 6.00. The van der Waals surface area contributed by atoms with Gasteiger partial charge in [-0.15, -0.1) is 0 Å². The number of esters is 1. The molecule has 1 saturated carbocycles. The maximum Gasteiger partial charge on any atom is 0.337 e. The van der Waals surface area contributed by atoms with Crippen LogP contribution in [0.4, 0.5) is 5.69 Å². The number of amides is 1. The number of aromatic nitrogens is 1. The van der Waals surface area contributed by atoms with Gasteiger partial charge in [-0.2, -0.15) is 0 Å². The fourth-order valence-corrected chi connectivity index (χ4v) is 6.73. The lowest BCUT2D eigenvalue weighted by molar-refractivity contribution is -0.119. The summed E-state index contributed by atoms with van der Waals surface area (Å²) in [6.07, 6.45) is 7.16. The third-order valence-corrected chi connectivity index (χ3v) is 8.21. The Hall–Kier alpha value is -3.28. The Kier molecular flexibility index (Phi) is 5.54. The molecule has 1 amide bonds. The van der Waals surface area contributed by atoms with Gasteiger partial charge in [-0.3, -0.25) is 4.79 Å². The second-order valence-corrected chi connectivity index (χ2v) is 10.2. The van der Waals surface area contributed by atoms with Gasteiger partial charge in [0.15, 0.2) is 0 Å². The van der Waals surface area contributed by atoms with E-state index in [0.29, 0.717) is 11.5 Å². The second kappa shape index (κ2) is 8.74. The molecule has 3 aliphatic rings. The third kappa shape index (κ3) is 3.62. The molecule has 1 aromatic heterocycles.